The van der Waals surface area contributed by atoms with Gasteiger partial charge in [-0.25, -0.2) is 0 Å². The normalized spacial score (nSPS) is 36.1. The van der Waals surface area contributed by atoms with E-state index in [1.165, 1.54) is 32.1 Å². The van der Waals surface area contributed by atoms with E-state index in [4.69, 9.17) is 0 Å². The van der Waals surface area contributed by atoms with Crippen molar-refractivity contribution in [1.82, 2.24) is 5.32 Å². The topological polar surface area (TPSA) is 29.1 Å². The average Bonchev–Trinajstić information content (AvgIpc) is 2.47. The van der Waals surface area contributed by atoms with Gasteiger partial charge < -0.3 is 5.32 Å². The average molecular weight is 265 g/mol. The van der Waals surface area contributed by atoms with Gasteiger partial charge in [-0.1, -0.05) is 39.5 Å². The molecule has 0 aromatic rings. The van der Waals surface area contributed by atoms with Gasteiger partial charge in [-0.2, -0.15) is 0 Å². The Morgan fingerprint density at radius 2 is 2.00 bits per heavy atom. The van der Waals surface area contributed by atoms with Gasteiger partial charge in [0.1, 0.15) is 5.78 Å². The SMILES string of the molecule is CCCC1(C(=O)C2CCCCC2CC)CCCNC1. The van der Waals surface area contributed by atoms with Gasteiger partial charge in [0.25, 0.3) is 0 Å². The second-order valence-electron chi connectivity index (χ2n) is 6.73. The van der Waals surface area contributed by atoms with Crippen LogP contribution in [-0.2, 0) is 4.79 Å². The monoisotopic (exact) mass is 265 g/mol. The number of piperidine rings is 1. The Kier molecular flexibility index (Phi) is 5.44. The molecule has 0 amide bonds. The highest BCUT2D eigenvalue weighted by Crippen LogP contribution is 2.42. The molecule has 3 atom stereocenters. The number of nitrogens with one attached hydrogen (secondary N) is 1. The minimum absolute atomic E-state index is 0.0254. The van der Waals surface area contributed by atoms with E-state index in [0.717, 1.165) is 38.8 Å². The molecule has 1 aliphatic carbocycles. The summed E-state index contributed by atoms with van der Waals surface area (Å²) in [5.41, 5.74) is -0.0254. The Labute approximate surface area is 118 Å². The zero-order chi connectivity index (χ0) is 13.7. The Morgan fingerprint density at radius 3 is 2.63 bits per heavy atom. The molecule has 0 spiro atoms. The standard InChI is InChI=1S/C17H31NO/c1-3-10-17(11-7-12-18-13-17)16(19)15-9-6-5-8-14(15)4-2/h14-15,18H,3-13H2,1-2H3. The fourth-order valence-corrected chi connectivity index (χ4v) is 4.43. The van der Waals surface area contributed by atoms with Crippen molar-refractivity contribution in [1.29, 1.82) is 0 Å². The summed E-state index contributed by atoms with van der Waals surface area (Å²) in [5.74, 6) is 1.65. The molecule has 2 fully saturated rings. The highest BCUT2D eigenvalue weighted by Gasteiger charge is 2.44. The Morgan fingerprint density at radius 1 is 1.21 bits per heavy atom. The first-order chi connectivity index (χ1) is 9.23. The van der Waals surface area contributed by atoms with Gasteiger partial charge in [0.05, 0.1) is 0 Å². The predicted molar refractivity (Wildman–Crippen MR) is 80.2 cm³/mol. The smallest absolute Gasteiger partial charge is 0.143 e. The maximum Gasteiger partial charge on any atom is 0.143 e. The van der Waals surface area contributed by atoms with E-state index in [1.54, 1.807) is 0 Å². The first-order valence-electron chi connectivity index (χ1n) is 8.48. The molecule has 1 N–H and O–H groups in total. The van der Waals surface area contributed by atoms with Crippen LogP contribution in [0.2, 0.25) is 0 Å². The van der Waals surface area contributed by atoms with Gasteiger partial charge in [-0.15, -0.1) is 0 Å². The second kappa shape index (κ2) is 6.88. The summed E-state index contributed by atoms with van der Waals surface area (Å²) in [5, 5.41) is 3.49. The number of hydrogen-bond donors (Lipinski definition) is 1. The largest absolute Gasteiger partial charge is 0.316 e. The molecule has 2 heteroatoms. The highest BCUT2D eigenvalue weighted by atomic mass is 16.1. The molecule has 1 aliphatic heterocycles. The van der Waals surface area contributed by atoms with Crippen molar-refractivity contribution in [3.05, 3.63) is 0 Å². The third-order valence-corrected chi connectivity index (χ3v) is 5.49. The molecule has 3 unspecified atom stereocenters. The molecule has 0 radical (unpaired) electrons. The van der Waals surface area contributed by atoms with Crippen LogP contribution in [0.3, 0.4) is 0 Å². The van der Waals surface area contributed by atoms with E-state index in [1.807, 2.05) is 0 Å². The Balaban J connectivity index is 2.13. The lowest BCUT2D eigenvalue weighted by Crippen LogP contribution is -2.49. The number of carbonyl (C=O) groups excluding carboxylic acids is 1. The van der Waals surface area contributed by atoms with Crippen molar-refractivity contribution in [3.63, 3.8) is 0 Å². The molecule has 2 aliphatic rings. The van der Waals surface area contributed by atoms with E-state index >= 15 is 0 Å². The number of ketones is 1. The van der Waals surface area contributed by atoms with Crippen LogP contribution in [0, 0.1) is 17.3 Å². The van der Waals surface area contributed by atoms with Crippen LogP contribution in [0.1, 0.15) is 71.6 Å². The molecule has 1 saturated carbocycles. The first-order valence-corrected chi connectivity index (χ1v) is 8.48. The summed E-state index contributed by atoms with van der Waals surface area (Å²) in [4.78, 5) is 13.2. The van der Waals surface area contributed by atoms with E-state index in [0.29, 0.717) is 17.6 Å². The maximum atomic E-state index is 13.2. The van der Waals surface area contributed by atoms with Gasteiger partial charge in [0, 0.05) is 17.9 Å². The molecule has 0 bridgehead atoms. The molecule has 1 saturated heterocycles. The molecular weight excluding hydrogens is 234 g/mol. The maximum absolute atomic E-state index is 13.2. The molecule has 2 rings (SSSR count). The molecule has 0 aromatic heterocycles. The highest BCUT2D eigenvalue weighted by molar-refractivity contribution is 5.87. The van der Waals surface area contributed by atoms with E-state index in [9.17, 15) is 4.79 Å². The number of Topliss-reactive ketones (excluding diaryl/α,β-unsaturated/α-hetero) is 1. The summed E-state index contributed by atoms with van der Waals surface area (Å²) >= 11 is 0. The van der Waals surface area contributed by atoms with Gasteiger partial charge in [-0.3, -0.25) is 4.79 Å². The zero-order valence-corrected chi connectivity index (χ0v) is 12.8. The minimum atomic E-state index is -0.0254. The summed E-state index contributed by atoms with van der Waals surface area (Å²) in [6, 6.07) is 0. The second-order valence-corrected chi connectivity index (χ2v) is 6.73. The Bertz CT molecular complexity index is 288. The van der Waals surface area contributed by atoms with Gasteiger partial charge >= 0.3 is 0 Å². The third-order valence-electron chi connectivity index (χ3n) is 5.49. The molecule has 0 aromatic carbocycles. The molecule has 19 heavy (non-hydrogen) atoms. The summed E-state index contributed by atoms with van der Waals surface area (Å²) in [6.07, 6.45) is 10.7. The van der Waals surface area contributed by atoms with Crippen LogP contribution >= 0.6 is 0 Å². The van der Waals surface area contributed by atoms with Crippen LogP contribution in [0.15, 0.2) is 0 Å². The van der Waals surface area contributed by atoms with Crippen molar-refractivity contribution >= 4 is 5.78 Å². The first kappa shape index (κ1) is 15.0. The lowest BCUT2D eigenvalue weighted by Gasteiger charge is -2.42. The molecule has 110 valence electrons. The lowest BCUT2D eigenvalue weighted by atomic mass is 9.64. The van der Waals surface area contributed by atoms with Gasteiger partial charge in [0.2, 0.25) is 0 Å². The summed E-state index contributed by atoms with van der Waals surface area (Å²) in [6.45, 7) is 6.52. The van der Waals surface area contributed by atoms with Crippen LogP contribution in [0.4, 0.5) is 0 Å². The van der Waals surface area contributed by atoms with E-state index < -0.39 is 0 Å². The number of carbonyl (C=O) groups is 1. The summed E-state index contributed by atoms with van der Waals surface area (Å²) < 4.78 is 0. The van der Waals surface area contributed by atoms with Crippen molar-refractivity contribution in [2.75, 3.05) is 13.1 Å². The minimum Gasteiger partial charge on any atom is -0.316 e. The van der Waals surface area contributed by atoms with Crippen molar-refractivity contribution in [3.8, 4) is 0 Å². The van der Waals surface area contributed by atoms with Gasteiger partial charge in [0.15, 0.2) is 0 Å². The zero-order valence-electron chi connectivity index (χ0n) is 12.8. The van der Waals surface area contributed by atoms with E-state index in [2.05, 4.69) is 19.2 Å². The van der Waals surface area contributed by atoms with Crippen molar-refractivity contribution < 1.29 is 4.79 Å². The van der Waals surface area contributed by atoms with Crippen molar-refractivity contribution in [2.45, 2.75) is 71.6 Å². The predicted octanol–water partition coefficient (Wildman–Crippen LogP) is 3.94. The molecular formula is C17H31NO. The number of hydrogen-bond acceptors (Lipinski definition) is 2. The Hall–Kier alpha value is -0.370. The van der Waals surface area contributed by atoms with Crippen molar-refractivity contribution in [2.24, 2.45) is 17.3 Å². The fourth-order valence-electron chi connectivity index (χ4n) is 4.43. The van der Waals surface area contributed by atoms with Crippen LogP contribution in [0.25, 0.3) is 0 Å². The fraction of sp³-hybridized carbons (Fsp3) is 0.941. The summed E-state index contributed by atoms with van der Waals surface area (Å²) in [7, 11) is 0. The van der Waals surface area contributed by atoms with Gasteiger partial charge in [-0.05, 0) is 44.6 Å². The quantitative estimate of drug-likeness (QED) is 0.815. The lowest BCUT2D eigenvalue weighted by molar-refractivity contribution is -0.137. The van der Waals surface area contributed by atoms with E-state index in [-0.39, 0.29) is 5.41 Å². The van der Waals surface area contributed by atoms with Crippen LogP contribution in [0.5, 0.6) is 0 Å². The van der Waals surface area contributed by atoms with Crippen LogP contribution < -0.4 is 5.32 Å². The third kappa shape index (κ3) is 3.21. The van der Waals surface area contributed by atoms with Crippen LogP contribution in [-0.4, -0.2) is 18.9 Å². The molecule has 1 heterocycles. The molecule has 2 nitrogen and oxygen atoms in total. The number of rotatable bonds is 5.